The number of ketones is 1. The first-order chi connectivity index (χ1) is 8.66. The Morgan fingerprint density at radius 3 is 2.50 bits per heavy atom. The Hall–Kier alpha value is -1.63. The second-order valence-electron chi connectivity index (χ2n) is 5.25. The molecule has 0 fully saturated rings. The Morgan fingerprint density at radius 2 is 1.89 bits per heavy atom. The van der Waals surface area contributed by atoms with E-state index >= 15 is 0 Å². The molecule has 0 bridgehead atoms. The van der Waals surface area contributed by atoms with Crippen LogP contribution < -0.4 is 0 Å². The van der Waals surface area contributed by atoms with Crippen molar-refractivity contribution < 1.29 is 4.79 Å². The van der Waals surface area contributed by atoms with Crippen LogP contribution in [0.25, 0.3) is 6.08 Å². The summed E-state index contributed by atoms with van der Waals surface area (Å²) in [6, 6.07) is 10.2. The van der Waals surface area contributed by atoms with Crippen molar-refractivity contribution in [3.8, 4) is 0 Å². The van der Waals surface area contributed by atoms with E-state index in [1.807, 2.05) is 24.3 Å². The van der Waals surface area contributed by atoms with Gasteiger partial charge in [0.1, 0.15) is 0 Å². The third-order valence-corrected chi connectivity index (χ3v) is 3.53. The van der Waals surface area contributed by atoms with E-state index in [-0.39, 0.29) is 5.92 Å². The van der Waals surface area contributed by atoms with Gasteiger partial charge in [0.25, 0.3) is 0 Å². The standard InChI is InChI=1S/C17H20O/c1-13(2)16-11-10-15(12-17(16)18)9-8-14-6-4-3-5-7-14/h3-9,12-13,16H,10-11H2,1-2H3/b9-8+. The first kappa shape index (κ1) is 12.8. The molecular formula is C17H20O. The van der Waals surface area contributed by atoms with E-state index in [9.17, 15) is 4.79 Å². The lowest BCUT2D eigenvalue weighted by Gasteiger charge is -2.22. The van der Waals surface area contributed by atoms with Gasteiger partial charge in [0.05, 0.1) is 0 Å². The molecule has 1 heteroatoms. The van der Waals surface area contributed by atoms with E-state index in [1.54, 1.807) is 0 Å². The molecule has 1 aliphatic rings. The average Bonchev–Trinajstić information content (AvgIpc) is 2.37. The molecule has 18 heavy (non-hydrogen) atoms. The van der Waals surface area contributed by atoms with E-state index in [0.717, 1.165) is 18.4 Å². The number of benzene rings is 1. The molecule has 0 saturated heterocycles. The van der Waals surface area contributed by atoms with Gasteiger partial charge in [-0.25, -0.2) is 0 Å². The number of allylic oxidation sites excluding steroid dienone is 3. The topological polar surface area (TPSA) is 17.1 Å². The molecule has 1 aliphatic carbocycles. The molecule has 0 spiro atoms. The van der Waals surface area contributed by atoms with E-state index < -0.39 is 0 Å². The van der Waals surface area contributed by atoms with Gasteiger partial charge in [0.15, 0.2) is 5.78 Å². The highest BCUT2D eigenvalue weighted by molar-refractivity contribution is 5.94. The number of carbonyl (C=O) groups excluding carboxylic acids is 1. The second-order valence-corrected chi connectivity index (χ2v) is 5.25. The summed E-state index contributed by atoms with van der Waals surface area (Å²) in [5, 5.41) is 0. The van der Waals surface area contributed by atoms with E-state index in [2.05, 4.69) is 38.1 Å². The van der Waals surface area contributed by atoms with Crippen molar-refractivity contribution in [2.75, 3.05) is 0 Å². The lowest BCUT2D eigenvalue weighted by atomic mass is 9.81. The van der Waals surface area contributed by atoms with Crippen molar-refractivity contribution in [1.82, 2.24) is 0 Å². The molecule has 1 aromatic carbocycles. The van der Waals surface area contributed by atoms with Crippen LogP contribution in [0, 0.1) is 11.8 Å². The maximum Gasteiger partial charge on any atom is 0.159 e. The smallest absolute Gasteiger partial charge is 0.159 e. The van der Waals surface area contributed by atoms with Crippen molar-refractivity contribution in [3.63, 3.8) is 0 Å². The summed E-state index contributed by atoms with van der Waals surface area (Å²) >= 11 is 0. The van der Waals surface area contributed by atoms with Gasteiger partial charge in [0, 0.05) is 5.92 Å². The van der Waals surface area contributed by atoms with Gasteiger partial charge < -0.3 is 0 Å². The van der Waals surface area contributed by atoms with Crippen molar-refractivity contribution >= 4 is 11.9 Å². The van der Waals surface area contributed by atoms with Gasteiger partial charge >= 0.3 is 0 Å². The fourth-order valence-electron chi connectivity index (χ4n) is 2.39. The maximum absolute atomic E-state index is 11.9. The summed E-state index contributed by atoms with van der Waals surface area (Å²) in [5.74, 6) is 0.969. The Kier molecular flexibility index (Phi) is 4.14. The zero-order chi connectivity index (χ0) is 13.0. The first-order valence-electron chi connectivity index (χ1n) is 6.64. The Bertz CT molecular complexity index is 466. The normalized spacial score (nSPS) is 20.5. The Labute approximate surface area is 109 Å². The highest BCUT2D eigenvalue weighted by Crippen LogP contribution is 2.27. The first-order valence-corrected chi connectivity index (χ1v) is 6.64. The second kappa shape index (κ2) is 5.81. The largest absolute Gasteiger partial charge is 0.295 e. The lowest BCUT2D eigenvalue weighted by Crippen LogP contribution is -2.22. The fraction of sp³-hybridized carbons (Fsp3) is 0.353. The van der Waals surface area contributed by atoms with Crippen molar-refractivity contribution in [2.24, 2.45) is 11.8 Å². The molecule has 0 N–H and O–H groups in total. The Morgan fingerprint density at radius 1 is 1.17 bits per heavy atom. The third kappa shape index (κ3) is 3.19. The van der Waals surface area contributed by atoms with Crippen LogP contribution in [0.3, 0.4) is 0 Å². The van der Waals surface area contributed by atoms with Crippen LogP contribution in [0.15, 0.2) is 48.1 Å². The number of hydrogen-bond acceptors (Lipinski definition) is 1. The van der Waals surface area contributed by atoms with Crippen LogP contribution in [0.2, 0.25) is 0 Å². The van der Waals surface area contributed by atoms with Gasteiger partial charge in [-0.3, -0.25) is 4.79 Å². The summed E-state index contributed by atoms with van der Waals surface area (Å²) in [6.07, 6.45) is 7.98. The predicted octanol–water partition coefficient (Wildman–Crippen LogP) is 4.26. The molecule has 0 radical (unpaired) electrons. The number of carbonyl (C=O) groups is 1. The van der Waals surface area contributed by atoms with E-state index in [4.69, 9.17) is 0 Å². The SMILES string of the molecule is CC(C)C1CCC(/C=C/c2ccccc2)=CC1=O. The summed E-state index contributed by atoms with van der Waals surface area (Å²) in [5.41, 5.74) is 2.33. The van der Waals surface area contributed by atoms with Crippen LogP contribution in [0.1, 0.15) is 32.3 Å². The molecule has 2 rings (SSSR count). The number of hydrogen-bond donors (Lipinski definition) is 0. The monoisotopic (exact) mass is 240 g/mol. The van der Waals surface area contributed by atoms with Crippen molar-refractivity contribution in [3.05, 3.63) is 53.6 Å². The molecular weight excluding hydrogens is 220 g/mol. The molecule has 1 atom stereocenters. The average molecular weight is 240 g/mol. The summed E-state index contributed by atoms with van der Waals surface area (Å²) in [6.45, 7) is 4.25. The zero-order valence-corrected chi connectivity index (χ0v) is 11.1. The minimum atomic E-state index is 0.221. The molecule has 1 aromatic rings. The number of rotatable bonds is 3. The molecule has 1 nitrogen and oxygen atoms in total. The Balaban J connectivity index is 2.06. The van der Waals surface area contributed by atoms with Crippen LogP contribution in [-0.2, 0) is 4.79 Å². The predicted molar refractivity (Wildman–Crippen MR) is 76.1 cm³/mol. The van der Waals surface area contributed by atoms with Gasteiger partial charge in [-0.1, -0.05) is 56.3 Å². The van der Waals surface area contributed by atoms with Crippen LogP contribution >= 0.6 is 0 Å². The van der Waals surface area contributed by atoms with Crippen LogP contribution in [0.4, 0.5) is 0 Å². The van der Waals surface area contributed by atoms with Crippen LogP contribution in [-0.4, -0.2) is 5.78 Å². The van der Waals surface area contributed by atoms with E-state index in [1.165, 1.54) is 5.56 Å². The molecule has 0 heterocycles. The highest BCUT2D eigenvalue weighted by atomic mass is 16.1. The molecule has 94 valence electrons. The third-order valence-electron chi connectivity index (χ3n) is 3.53. The van der Waals surface area contributed by atoms with Crippen molar-refractivity contribution in [1.29, 1.82) is 0 Å². The van der Waals surface area contributed by atoms with Gasteiger partial charge in [-0.05, 0) is 36.0 Å². The molecule has 0 saturated carbocycles. The van der Waals surface area contributed by atoms with Gasteiger partial charge in [-0.2, -0.15) is 0 Å². The minimum Gasteiger partial charge on any atom is -0.295 e. The summed E-state index contributed by atoms with van der Waals surface area (Å²) in [7, 11) is 0. The molecule has 0 amide bonds. The lowest BCUT2D eigenvalue weighted by molar-refractivity contribution is -0.120. The molecule has 1 unspecified atom stereocenters. The maximum atomic E-state index is 11.9. The van der Waals surface area contributed by atoms with Gasteiger partial charge in [0.2, 0.25) is 0 Å². The van der Waals surface area contributed by atoms with Crippen LogP contribution in [0.5, 0.6) is 0 Å². The summed E-state index contributed by atoms with van der Waals surface area (Å²) < 4.78 is 0. The molecule has 0 aliphatic heterocycles. The quantitative estimate of drug-likeness (QED) is 0.771. The minimum absolute atomic E-state index is 0.221. The zero-order valence-electron chi connectivity index (χ0n) is 11.1. The fourth-order valence-corrected chi connectivity index (χ4v) is 2.39. The van der Waals surface area contributed by atoms with Crippen molar-refractivity contribution in [2.45, 2.75) is 26.7 Å². The summed E-state index contributed by atoms with van der Waals surface area (Å²) in [4.78, 5) is 11.9. The van der Waals surface area contributed by atoms with E-state index in [0.29, 0.717) is 11.7 Å². The van der Waals surface area contributed by atoms with Gasteiger partial charge in [-0.15, -0.1) is 0 Å². The molecule has 0 aromatic heterocycles. The highest BCUT2D eigenvalue weighted by Gasteiger charge is 2.23.